The molecule has 2 atom stereocenters. The van der Waals surface area contributed by atoms with Crippen molar-refractivity contribution in [1.29, 1.82) is 0 Å². The smallest absolute Gasteiger partial charge is 0.00104 e. The minimum Gasteiger partial charge on any atom is -0.314 e. The molecule has 82 valence electrons. The maximum absolute atomic E-state index is 3.59. The van der Waals surface area contributed by atoms with E-state index in [-0.39, 0.29) is 0 Å². The van der Waals surface area contributed by atoms with E-state index in [0.717, 1.165) is 17.3 Å². The van der Waals surface area contributed by atoms with Crippen molar-refractivity contribution in [1.82, 2.24) is 5.32 Å². The minimum atomic E-state index is 0.656. The zero-order valence-corrected chi connectivity index (χ0v) is 9.97. The summed E-state index contributed by atoms with van der Waals surface area (Å²) < 4.78 is 0. The van der Waals surface area contributed by atoms with Crippen molar-refractivity contribution in [2.24, 2.45) is 17.3 Å². The molecule has 0 aromatic carbocycles. The maximum atomic E-state index is 3.59. The first-order valence-corrected chi connectivity index (χ1v) is 6.36. The van der Waals surface area contributed by atoms with Gasteiger partial charge in [0, 0.05) is 6.04 Å². The Bertz CT molecular complexity index is 193. The third kappa shape index (κ3) is 1.98. The van der Waals surface area contributed by atoms with Crippen molar-refractivity contribution in [3.63, 3.8) is 0 Å². The van der Waals surface area contributed by atoms with Gasteiger partial charge >= 0.3 is 0 Å². The van der Waals surface area contributed by atoms with E-state index in [0.29, 0.717) is 6.04 Å². The Morgan fingerprint density at radius 2 is 1.93 bits per heavy atom. The van der Waals surface area contributed by atoms with E-state index in [1.807, 2.05) is 0 Å². The van der Waals surface area contributed by atoms with Gasteiger partial charge in [0.25, 0.3) is 0 Å². The van der Waals surface area contributed by atoms with Gasteiger partial charge in [0.2, 0.25) is 0 Å². The monoisotopic (exact) mass is 195 g/mol. The normalized spacial score (nSPS) is 38.1. The second kappa shape index (κ2) is 3.84. The zero-order valence-electron chi connectivity index (χ0n) is 9.97. The summed E-state index contributed by atoms with van der Waals surface area (Å²) in [5.41, 5.74) is 0.721. The molecular formula is C13H25N. The molecule has 2 aliphatic carbocycles. The molecule has 1 nitrogen and oxygen atoms in total. The summed E-state index contributed by atoms with van der Waals surface area (Å²) in [7, 11) is 0. The second-order valence-electron chi connectivity index (χ2n) is 5.95. The van der Waals surface area contributed by atoms with Crippen LogP contribution in [0, 0.1) is 17.3 Å². The summed E-state index contributed by atoms with van der Waals surface area (Å²) in [5, 5.41) is 3.59. The van der Waals surface area contributed by atoms with Gasteiger partial charge in [0.05, 0.1) is 0 Å². The summed E-state index contributed by atoms with van der Waals surface area (Å²) in [6, 6.07) is 0.656. The van der Waals surface area contributed by atoms with Crippen LogP contribution in [0.15, 0.2) is 0 Å². The van der Waals surface area contributed by atoms with Crippen molar-refractivity contribution in [2.45, 2.75) is 58.9 Å². The summed E-state index contributed by atoms with van der Waals surface area (Å²) >= 11 is 0. The first-order chi connectivity index (χ1) is 6.63. The van der Waals surface area contributed by atoms with E-state index < -0.39 is 0 Å². The van der Waals surface area contributed by atoms with Gasteiger partial charge in [-0.1, -0.05) is 33.6 Å². The summed E-state index contributed by atoms with van der Waals surface area (Å²) in [5.74, 6) is 2.04. The van der Waals surface area contributed by atoms with Crippen LogP contribution in [0.2, 0.25) is 0 Å². The van der Waals surface area contributed by atoms with Gasteiger partial charge in [0.1, 0.15) is 0 Å². The molecular weight excluding hydrogens is 170 g/mol. The molecule has 1 heteroatoms. The summed E-state index contributed by atoms with van der Waals surface area (Å²) in [4.78, 5) is 0. The largest absolute Gasteiger partial charge is 0.314 e. The van der Waals surface area contributed by atoms with Gasteiger partial charge in [-0.2, -0.15) is 0 Å². The van der Waals surface area contributed by atoms with Crippen LogP contribution in [0.1, 0.15) is 52.9 Å². The number of rotatable bonds is 4. The van der Waals surface area contributed by atoms with Crippen molar-refractivity contribution in [2.75, 3.05) is 6.54 Å². The molecule has 0 spiro atoms. The highest BCUT2D eigenvalue weighted by Crippen LogP contribution is 2.61. The molecule has 0 saturated heterocycles. The first-order valence-electron chi connectivity index (χ1n) is 6.36. The minimum absolute atomic E-state index is 0.656. The Labute approximate surface area is 88.7 Å². The number of hydrogen-bond donors (Lipinski definition) is 1. The van der Waals surface area contributed by atoms with Gasteiger partial charge in [-0.25, -0.2) is 0 Å². The summed E-state index contributed by atoms with van der Waals surface area (Å²) in [6.07, 6.45) is 7.48. The Morgan fingerprint density at radius 1 is 1.29 bits per heavy atom. The van der Waals surface area contributed by atoms with Crippen molar-refractivity contribution in [3.05, 3.63) is 0 Å². The quantitative estimate of drug-likeness (QED) is 0.726. The molecule has 0 aliphatic heterocycles. The highest BCUT2D eigenvalue weighted by Gasteiger charge is 2.54. The van der Waals surface area contributed by atoms with E-state index in [4.69, 9.17) is 0 Å². The van der Waals surface area contributed by atoms with Crippen molar-refractivity contribution < 1.29 is 0 Å². The van der Waals surface area contributed by atoms with Crippen molar-refractivity contribution >= 4 is 0 Å². The highest BCUT2D eigenvalue weighted by atomic mass is 14.9. The van der Waals surface area contributed by atoms with Gasteiger partial charge in [-0.3, -0.25) is 0 Å². The SMILES string of the molecule is CC(C)NCC1CC1(C)C1CCCC1. The van der Waals surface area contributed by atoms with E-state index in [9.17, 15) is 0 Å². The molecule has 0 amide bonds. The van der Waals surface area contributed by atoms with Gasteiger partial charge < -0.3 is 5.32 Å². The molecule has 0 aromatic rings. The lowest BCUT2D eigenvalue weighted by Crippen LogP contribution is -2.27. The maximum Gasteiger partial charge on any atom is 0.00104 e. The van der Waals surface area contributed by atoms with Gasteiger partial charge in [-0.05, 0) is 43.1 Å². The predicted molar refractivity (Wildman–Crippen MR) is 61.3 cm³/mol. The van der Waals surface area contributed by atoms with Crippen LogP contribution < -0.4 is 5.32 Å². The summed E-state index contributed by atoms with van der Waals surface area (Å²) in [6.45, 7) is 8.27. The lowest BCUT2D eigenvalue weighted by molar-refractivity contribution is 0.306. The zero-order chi connectivity index (χ0) is 10.2. The number of nitrogens with one attached hydrogen (secondary N) is 1. The average Bonchev–Trinajstić information content (AvgIpc) is 2.63. The van der Waals surface area contributed by atoms with Crippen LogP contribution in [0.5, 0.6) is 0 Å². The third-order valence-electron chi connectivity index (χ3n) is 4.52. The fraction of sp³-hybridized carbons (Fsp3) is 1.00. The molecule has 0 heterocycles. The van der Waals surface area contributed by atoms with Crippen LogP contribution >= 0.6 is 0 Å². The van der Waals surface area contributed by atoms with Gasteiger partial charge in [-0.15, -0.1) is 0 Å². The molecule has 2 saturated carbocycles. The molecule has 2 rings (SSSR count). The fourth-order valence-corrected chi connectivity index (χ4v) is 3.24. The fourth-order valence-electron chi connectivity index (χ4n) is 3.24. The van der Waals surface area contributed by atoms with E-state index in [1.165, 1.54) is 38.6 Å². The third-order valence-corrected chi connectivity index (χ3v) is 4.52. The van der Waals surface area contributed by atoms with Crippen molar-refractivity contribution in [3.8, 4) is 0 Å². The highest BCUT2D eigenvalue weighted by molar-refractivity contribution is 5.04. The molecule has 2 fully saturated rings. The standard InChI is InChI=1S/C13H25N/c1-10(2)14-9-12-8-13(12,3)11-6-4-5-7-11/h10-12,14H,4-9H2,1-3H3. The Hall–Kier alpha value is -0.0400. The number of hydrogen-bond acceptors (Lipinski definition) is 1. The van der Waals surface area contributed by atoms with Gasteiger partial charge in [0.15, 0.2) is 0 Å². The van der Waals surface area contributed by atoms with Crippen LogP contribution in [0.3, 0.4) is 0 Å². The lowest BCUT2D eigenvalue weighted by Gasteiger charge is -2.20. The van der Waals surface area contributed by atoms with Crippen LogP contribution in [-0.2, 0) is 0 Å². The lowest BCUT2D eigenvalue weighted by atomic mass is 9.87. The van der Waals surface area contributed by atoms with E-state index in [2.05, 4.69) is 26.1 Å². The van der Waals surface area contributed by atoms with E-state index in [1.54, 1.807) is 0 Å². The molecule has 2 aliphatic rings. The topological polar surface area (TPSA) is 12.0 Å². The Kier molecular flexibility index (Phi) is 2.88. The molecule has 0 aromatic heterocycles. The molecule has 0 radical (unpaired) electrons. The predicted octanol–water partition coefficient (Wildman–Crippen LogP) is 3.20. The van der Waals surface area contributed by atoms with E-state index >= 15 is 0 Å². The first kappa shape index (κ1) is 10.5. The van der Waals surface area contributed by atoms with Crippen LogP contribution in [-0.4, -0.2) is 12.6 Å². The van der Waals surface area contributed by atoms with Crippen LogP contribution in [0.25, 0.3) is 0 Å². The molecule has 1 N–H and O–H groups in total. The molecule has 2 unspecified atom stereocenters. The Balaban J connectivity index is 1.77. The second-order valence-corrected chi connectivity index (χ2v) is 5.95. The molecule has 14 heavy (non-hydrogen) atoms. The molecule has 0 bridgehead atoms. The Morgan fingerprint density at radius 3 is 2.50 bits per heavy atom. The van der Waals surface area contributed by atoms with Crippen LogP contribution in [0.4, 0.5) is 0 Å². The average molecular weight is 195 g/mol.